The van der Waals surface area contributed by atoms with Gasteiger partial charge in [0, 0.05) is 12.1 Å². The minimum absolute atomic E-state index is 0.162. The number of halogens is 2. The summed E-state index contributed by atoms with van der Waals surface area (Å²) in [5.41, 5.74) is 7.11. The Morgan fingerprint density at radius 1 is 1.16 bits per heavy atom. The van der Waals surface area contributed by atoms with E-state index in [2.05, 4.69) is 10.1 Å². The van der Waals surface area contributed by atoms with E-state index >= 15 is 0 Å². The molecule has 0 saturated carbocycles. The third-order valence-electron chi connectivity index (χ3n) is 3.05. The molecule has 0 aromatic heterocycles. The molecule has 2 aromatic carbocycles. The van der Waals surface area contributed by atoms with Gasteiger partial charge in [0.25, 0.3) is 0 Å². The highest BCUT2D eigenvalue weighted by Crippen LogP contribution is 2.28. The molecule has 0 aliphatic carbocycles. The van der Waals surface area contributed by atoms with Crippen molar-refractivity contribution < 1.29 is 9.53 Å². The number of nitrogen functional groups attached to an aromatic ring is 1. The summed E-state index contributed by atoms with van der Waals surface area (Å²) in [6.45, 7) is 0. The molecule has 0 heterocycles. The maximum atomic E-state index is 11.5. The second-order valence-electron chi connectivity index (χ2n) is 4.54. The molecule has 6 nitrogen and oxygen atoms in total. The zero-order chi connectivity index (χ0) is 19.0. The van der Waals surface area contributed by atoms with Gasteiger partial charge in [-0.3, -0.25) is 0 Å². The van der Waals surface area contributed by atoms with Crippen LogP contribution in [0.4, 0.5) is 11.4 Å². The van der Waals surface area contributed by atoms with Gasteiger partial charge in [0.1, 0.15) is 17.7 Å². The number of nitrogens with one attached hydrogen (secondary N) is 1. The fourth-order valence-corrected chi connectivity index (χ4v) is 2.30. The van der Waals surface area contributed by atoms with Crippen LogP contribution in [0.5, 0.6) is 0 Å². The number of nitrogens with zero attached hydrogens (tertiary/aromatic N) is 2. The number of nitrogens with two attached hydrogens (primary N) is 1. The second kappa shape index (κ2) is 9.39. The minimum Gasteiger partial charge on any atom is -0.465 e. The highest BCUT2D eigenvalue weighted by molar-refractivity contribution is 6.34. The lowest BCUT2D eigenvalue weighted by atomic mass is 10.1. The highest BCUT2D eigenvalue weighted by atomic mass is 35.5. The van der Waals surface area contributed by atoms with E-state index in [1.165, 1.54) is 13.2 Å². The van der Waals surface area contributed by atoms with Crippen molar-refractivity contribution in [2.45, 2.75) is 0 Å². The Morgan fingerprint density at radius 3 is 2.24 bits per heavy atom. The zero-order valence-electron chi connectivity index (χ0n) is 13.4. The van der Waals surface area contributed by atoms with Gasteiger partial charge < -0.3 is 15.8 Å². The van der Waals surface area contributed by atoms with Crippen molar-refractivity contribution in [2.24, 2.45) is 0 Å². The third-order valence-corrected chi connectivity index (χ3v) is 3.60. The second-order valence-corrected chi connectivity index (χ2v) is 5.39. The number of hydrogen-bond acceptors (Lipinski definition) is 6. The van der Waals surface area contributed by atoms with Gasteiger partial charge in [-0.05, 0) is 30.3 Å². The van der Waals surface area contributed by atoms with Gasteiger partial charge in [-0.15, -0.1) is 0 Å². The van der Waals surface area contributed by atoms with Crippen LogP contribution >= 0.6 is 23.2 Å². The molecule has 0 bridgehead atoms. The molecule has 0 fully saturated rings. The average Bonchev–Trinajstić information content (AvgIpc) is 2.61. The van der Waals surface area contributed by atoms with Gasteiger partial charge in [0.2, 0.25) is 0 Å². The molecule has 3 N–H and O–H groups in total. The van der Waals surface area contributed by atoms with E-state index in [0.29, 0.717) is 27.0 Å². The molecule has 0 aliphatic rings. The van der Waals surface area contributed by atoms with Gasteiger partial charge in [-0.2, -0.15) is 10.5 Å². The van der Waals surface area contributed by atoms with E-state index in [1.54, 1.807) is 31.3 Å². The summed E-state index contributed by atoms with van der Waals surface area (Å²) in [7, 11) is 2.87. The maximum absolute atomic E-state index is 11.5. The fraction of sp³-hybridized carbons (Fsp3) is 0.118. The van der Waals surface area contributed by atoms with Crippen molar-refractivity contribution in [2.75, 3.05) is 25.2 Å². The Bertz CT molecular complexity index is 870. The number of anilines is 2. The molecular weight excluding hydrogens is 363 g/mol. The van der Waals surface area contributed by atoms with E-state index in [9.17, 15) is 4.79 Å². The van der Waals surface area contributed by atoms with Gasteiger partial charge in [0.05, 0.1) is 34.6 Å². The van der Waals surface area contributed by atoms with E-state index in [0.717, 1.165) is 0 Å². The van der Waals surface area contributed by atoms with Crippen molar-refractivity contribution in [1.82, 2.24) is 0 Å². The van der Waals surface area contributed by atoms with E-state index in [1.807, 2.05) is 12.1 Å². The summed E-state index contributed by atoms with van der Waals surface area (Å²) in [5, 5.41) is 21.0. The van der Waals surface area contributed by atoms with Crippen LogP contribution in [0.1, 0.15) is 21.5 Å². The molecule has 0 aliphatic heterocycles. The molecule has 0 atom stereocenters. The number of esters is 1. The first kappa shape index (κ1) is 20.1. The molecule has 2 rings (SSSR count). The fourth-order valence-electron chi connectivity index (χ4n) is 1.86. The third kappa shape index (κ3) is 5.02. The van der Waals surface area contributed by atoms with Crippen molar-refractivity contribution in [3.8, 4) is 12.1 Å². The standard InChI is InChI=1S/C10H9ClN2O2.C7H5ClN2/c1-13-9-7(11)4-3-6(5-12)8(9)10(14)15-2;8-6-2-1-5(4-9)7(10)3-6/h3-4,13H,1-2H3;1-3H,10H2. The number of carbonyl (C=O) groups is 1. The van der Waals surface area contributed by atoms with Gasteiger partial charge >= 0.3 is 5.97 Å². The van der Waals surface area contributed by atoms with Crippen LogP contribution in [-0.2, 0) is 4.74 Å². The SMILES string of the molecule is CNc1c(Cl)ccc(C#N)c1C(=O)OC.N#Cc1ccc(Cl)cc1N. The Morgan fingerprint density at radius 2 is 1.76 bits per heavy atom. The van der Waals surface area contributed by atoms with Crippen LogP contribution in [0.25, 0.3) is 0 Å². The molecule has 128 valence electrons. The lowest BCUT2D eigenvalue weighted by Crippen LogP contribution is -2.08. The molecule has 0 saturated heterocycles. The van der Waals surface area contributed by atoms with Crippen LogP contribution in [0.15, 0.2) is 30.3 Å². The quantitative estimate of drug-likeness (QED) is 0.608. The van der Waals surface area contributed by atoms with E-state index < -0.39 is 5.97 Å². The van der Waals surface area contributed by atoms with E-state index in [-0.39, 0.29) is 11.1 Å². The monoisotopic (exact) mass is 376 g/mol. The van der Waals surface area contributed by atoms with Crippen molar-refractivity contribution in [3.05, 3.63) is 57.1 Å². The number of rotatable bonds is 2. The predicted octanol–water partition coefficient (Wildman–Crippen LogP) is 3.83. The Kier molecular flexibility index (Phi) is 7.55. The van der Waals surface area contributed by atoms with Crippen LogP contribution in [0.2, 0.25) is 10.0 Å². The van der Waals surface area contributed by atoms with Crippen LogP contribution in [0, 0.1) is 22.7 Å². The summed E-state index contributed by atoms with van der Waals surface area (Å²) in [6.07, 6.45) is 0. The number of benzene rings is 2. The van der Waals surface area contributed by atoms with Crippen LogP contribution < -0.4 is 11.1 Å². The highest BCUT2D eigenvalue weighted by Gasteiger charge is 2.18. The normalized spacial score (nSPS) is 9.04. The predicted molar refractivity (Wildman–Crippen MR) is 97.6 cm³/mol. The van der Waals surface area contributed by atoms with Crippen LogP contribution in [-0.4, -0.2) is 20.1 Å². The first-order valence-corrected chi connectivity index (χ1v) is 7.58. The minimum atomic E-state index is -0.585. The Hall–Kier alpha value is -2.93. The van der Waals surface area contributed by atoms with E-state index in [4.69, 9.17) is 39.5 Å². The first-order valence-electron chi connectivity index (χ1n) is 6.83. The lowest BCUT2D eigenvalue weighted by molar-refractivity contribution is 0.0601. The van der Waals surface area contributed by atoms with Gasteiger partial charge in [-0.1, -0.05) is 23.2 Å². The maximum Gasteiger partial charge on any atom is 0.341 e. The van der Waals surface area contributed by atoms with Crippen molar-refractivity contribution in [3.63, 3.8) is 0 Å². The summed E-state index contributed by atoms with van der Waals surface area (Å²) in [4.78, 5) is 11.5. The summed E-state index contributed by atoms with van der Waals surface area (Å²) in [6, 6.07) is 11.7. The molecule has 0 spiro atoms. The van der Waals surface area contributed by atoms with Crippen molar-refractivity contribution >= 4 is 40.5 Å². The van der Waals surface area contributed by atoms with Gasteiger partial charge in [0.15, 0.2) is 0 Å². The van der Waals surface area contributed by atoms with Gasteiger partial charge in [-0.25, -0.2) is 4.79 Å². The first-order chi connectivity index (χ1) is 11.9. The molecular formula is C17H14Cl2N4O2. The Balaban J connectivity index is 0.000000271. The molecule has 2 aromatic rings. The number of carbonyl (C=O) groups excluding carboxylic acids is 1. The van der Waals surface area contributed by atoms with Crippen LogP contribution in [0.3, 0.4) is 0 Å². The molecule has 0 unspecified atom stereocenters. The molecule has 0 radical (unpaired) electrons. The summed E-state index contributed by atoms with van der Waals surface area (Å²) >= 11 is 11.5. The molecule has 25 heavy (non-hydrogen) atoms. The zero-order valence-corrected chi connectivity index (χ0v) is 14.9. The van der Waals surface area contributed by atoms with Crippen molar-refractivity contribution in [1.29, 1.82) is 10.5 Å². The average molecular weight is 377 g/mol. The summed E-state index contributed by atoms with van der Waals surface area (Å²) < 4.78 is 4.59. The smallest absolute Gasteiger partial charge is 0.341 e. The molecule has 0 amide bonds. The lowest BCUT2D eigenvalue weighted by Gasteiger charge is -2.10. The number of methoxy groups -OCH3 is 1. The number of hydrogen-bond donors (Lipinski definition) is 2. The number of ether oxygens (including phenoxy) is 1. The number of nitriles is 2. The topological polar surface area (TPSA) is 112 Å². The largest absolute Gasteiger partial charge is 0.465 e. The summed E-state index contributed by atoms with van der Waals surface area (Å²) in [5.74, 6) is -0.585. The Labute approximate surface area is 155 Å². The molecule has 8 heteroatoms.